The van der Waals surface area contributed by atoms with E-state index in [0.717, 1.165) is 16.7 Å². The molecule has 36 heavy (non-hydrogen) atoms. The number of nitrogens with zero attached hydrogens (tertiary/aromatic N) is 4. The number of allylic oxidation sites excluding steroid dienone is 1. The molecule has 0 bridgehead atoms. The Morgan fingerprint density at radius 1 is 1.03 bits per heavy atom. The number of aromatic nitrogens is 4. The standard InChI is InChI=1S/C27H26N6O3/c1-16-10-12-18(13-11-16)25-31-27-29-17(2)22(26(34)30-19-7-6-14-28-15-19)23(33(27)32-25)20-8-5-9-21(35-3)24(20)36-4/h5-15,23H,1-4H3,(H,30,34)(H,29,31,32). The number of fused-ring (bicyclic) bond motifs is 1. The van der Waals surface area contributed by atoms with Gasteiger partial charge in [0.15, 0.2) is 17.3 Å². The van der Waals surface area contributed by atoms with Crippen LogP contribution in [0.3, 0.4) is 0 Å². The van der Waals surface area contributed by atoms with Crippen LogP contribution in [0.5, 0.6) is 11.5 Å². The number of rotatable bonds is 6. The van der Waals surface area contributed by atoms with E-state index in [4.69, 9.17) is 19.6 Å². The van der Waals surface area contributed by atoms with Gasteiger partial charge in [0.2, 0.25) is 5.95 Å². The zero-order valence-electron chi connectivity index (χ0n) is 20.4. The molecule has 3 heterocycles. The zero-order valence-corrected chi connectivity index (χ0v) is 20.4. The average molecular weight is 483 g/mol. The molecule has 9 heteroatoms. The molecule has 2 aromatic heterocycles. The lowest BCUT2D eigenvalue weighted by Gasteiger charge is -2.29. The van der Waals surface area contributed by atoms with E-state index in [-0.39, 0.29) is 5.91 Å². The summed E-state index contributed by atoms with van der Waals surface area (Å²) in [7, 11) is 3.16. The van der Waals surface area contributed by atoms with Gasteiger partial charge in [0.05, 0.1) is 31.7 Å². The molecule has 1 atom stereocenters. The lowest BCUT2D eigenvalue weighted by Crippen LogP contribution is -2.31. The highest BCUT2D eigenvalue weighted by Crippen LogP contribution is 2.43. The largest absolute Gasteiger partial charge is 0.493 e. The van der Waals surface area contributed by atoms with Crippen LogP contribution in [-0.2, 0) is 4.79 Å². The summed E-state index contributed by atoms with van der Waals surface area (Å²) in [5.74, 6) is 1.85. The van der Waals surface area contributed by atoms with E-state index >= 15 is 0 Å². The number of nitrogens with one attached hydrogen (secondary N) is 2. The molecule has 0 saturated carbocycles. The molecular formula is C27H26N6O3. The molecule has 1 aliphatic rings. The Hall–Kier alpha value is -4.66. The third-order valence-corrected chi connectivity index (χ3v) is 6.05. The van der Waals surface area contributed by atoms with E-state index in [0.29, 0.717) is 40.2 Å². The molecule has 0 spiro atoms. The second kappa shape index (κ2) is 9.53. The lowest BCUT2D eigenvalue weighted by molar-refractivity contribution is -0.113. The average Bonchev–Trinajstić information content (AvgIpc) is 3.31. The molecule has 182 valence electrons. The highest BCUT2D eigenvalue weighted by molar-refractivity contribution is 6.06. The molecule has 0 radical (unpaired) electrons. The topological polar surface area (TPSA) is 103 Å². The summed E-state index contributed by atoms with van der Waals surface area (Å²) in [6.07, 6.45) is 3.25. The maximum atomic E-state index is 13.7. The predicted molar refractivity (Wildman–Crippen MR) is 137 cm³/mol. The van der Waals surface area contributed by atoms with Gasteiger partial charge >= 0.3 is 0 Å². The smallest absolute Gasteiger partial charge is 0.255 e. The van der Waals surface area contributed by atoms with Crippen LogP contribution >= 0.6 is 0 Å². The molecule has 2 N–H and O–H groups in total. The number of amides is 1. The summed E-state index contributed by atoms with van der Waals surface area (Å²) >= 11 is 0. The number of hydrogen-bond donors (Lipinski definition) is 2. The molecule has 1 amide bonds. The van der Waals surface area contributed by atoms with Gasteiger partial charge in [0, 0.05) is 23.0 Å². The van der Waals surface area contributed by atoms with E-state index in [1.165, 1.54) is 0 Å². The molecule has 9 nitrogen and oxygen atoms in total. The van der Waals surface area contributed by atoms with Gasteiger partial charge in [0.25, 0.3) is 5.91 Å². The number of aryl methyl sites for hydroxylation is 1. The van der Waals surface area contributed by atoms with Crippen LogP contribution in [0.1, 0.15) is 24.1 Å². The SMILES string of the molecule is COc1cccc(C2C(C(=O)Nc3cccnc3)=C(C)Nc3nc(-c4ccc(C)cc4)nn32)c1OC. The second-order valence-electron chi connectivity index (χ2n) is 8.41. The predicted octanol–water partition coefficient (Wildman–Crippen LogP) is 4.59. The van der Waals surface area contributed by atoms with Crippen molar-refractivity contribution in [3.8, 4) is 22.9 Å². The highest BCUT2D eigenvalue weighted by Gasteiger charge is 2.36. The number of hydrogen-bond acceptors (Lipinski definition) is 7. The molecule has 2 aromatic carbocycles. The van der Waals surface area contributed by atoms with Crippen LogP contribution in [0, 0.1) is 6.92 Å². The van der Waals surface area contributed by atoms with Crippen molar-refractivity contribution in [1.29, 1.82) is 0 Å². The zero-order chi connectivity index (χ0) is 25.2. The van der Waals surface area contributed by atoms with Gasteiger partial charge < -0.3 is 20.1 Å². The fourth-order valence-electron chi connectivity index (χ4n) is 4.32. The first-order valence-corrected chi connectivity index (χ1v) is 11.4. The van der Waals surface area contributed by atoms with Crippen molar-refractivity contribution in [2.45, 2.75) is 19.9 Å². The fraction of sp³-hybridized carbons (Fsp3) is 0.185. The first-order valence-electron chi connectivity index (χ1n) is 11.4. The van der Waals surface area contributed by atoms with E-state index < -0.39 is 6.04 Å². The Morgan fingerprint density at radius 2 is 1.83 bits per heavy atom. The van der Waals surface area contributed by atoms with Crippen LogP contribution in [0.2, 0.25) is 0 Å². The van der Waals surface area contributed by atoms with Gasteiger partial charge in [0.1, 0.15) is 6.04 Å². The van der Waals surface area contributed by atoms with Gasteiger partial charge in [-0.15, -0.1) is 5.10 Å². The highest BCUT2D eigenvalue weighted by atomic mass is 16.5. The second-order valence-corrected chi connectivity index (χ2v) is 8.41. The van der Waals surface area contributed by atoms with E-state index in [1.807, 2.05) is 56.3 Å². The quantitative estimate of drug-likeness (QED) is 0.414. The van der Waals surface area contributed by atoms with Gasteiger partial charge in [-0.05, 0) is 32.0 Å². The van der Waals surface area contributed by atoms with Crippen molar-refractivity contribution >= 4 is 17.5 Å². The minimum Gasteiger partial charge on any atom is -0.493 e. The van der Waals surface area contributed by atoms with Gasteiger partial charge in [-0.1, -0.05) is 42.0 Å². The summed E-state index contributed by atoms with van der Waals surface area (Å²) in [4.78, 5) is 22.5. The number of benzene rings is 2. The Labute approximate surface area is 208 Å². The number of carbonyl (C=O) groups excluding carboxylic acids is 1. The molecular weight excluding hydrogens is 456 g/mol. The van der Waals surface area contributed by atoms with Gasteiger partial charge in [-0.3, -0.25) is 9.78 Å². The molecule has 0 saturated heterocycles. The van der Waals surface area contributed by atoms with Crippen molar-refractivity contribution in [3.05, 3.63) is 89.4 Å². The number of ether oxygens (including phenoxy) is 2. The van der Waals surface area contributed by atoms with E-state index in [1.54, 1.807) is 43.4 Å². The molecule has 1 aliphatic heterocycles. The lowest BCUT2D eigenvalue weighted by atomic mass is 9.94. The van der Waals surface area contributed by atoms with Crippen LogP contribution in [0.25, 0.3) is 11.4 Å². The van der Waals surface area contributed by atoms with Crippen LogP contribution in [-0.4, -0.2) is 39.9 Å². The summed E-state index contributed by atoms with van der Waals surface area (Å²) in [5.41, 5.74) is 4.45. The Kier molecular flexibility index (Phi) is 6.12. The number of methoxy groups -OCH3 is 2. The normalized spacial score (nSPS) is 14.6. The maximum Gasteiger partial charge on any atom is 0.255 e. The van der Waals surface area contributed by atoms with Crippen LogP contribution in [0.4, 0.5) is 11.6 Å². The monoisotopic (exact) mass is 482 g/mol. The first-order chi connectivity index (χ1) is 17.5. The fourth-order valence-corrected chi connectivity index (χ4v) is 4.32. The van der Waals surface area contributed by atoms with E-state index in [9.17, 15) is 4.79 Å². The Bertz CT molecular complexity index is 1440. The van der Waals surface area contributed by atoms with Crippen molar-refractivity contribution in [3.63, 3.8) is 0 Å². The summed E-state index contributed by atoms with van der Waals surface area (Å²) < 4.78 is 13.0. The number of carbonyl (C=O) groups is 1. The molecule has 1 unspecified atom stereocenters. The van der Waals surface area contributed by atoms with Crippen LogP contribution < -0.4 is 20.1 Å². The summed E-state index contributed by atoms with van der Waals surface area (Å²) in [6.45, 7) is 3.88. The number of anilines is 2. The molecule has 0 fully saturated rings. The Balaban J connectivity index is 1.67. The third-order valence-electron chi connectivity index (χ3n) is 6.05. The van der Waals surface area contributed by atoms with Crippen molar-refractivity contribution in [2.24, 2.45) is 0 Å². The van der Waals surface area contributed by atoms with Gasteiger partial charge in [-0.25, -0.2) is 4.68 Å². The first kappa shape index (κ1) is 23.1. The van der Waals surface area contributed by atoms with Crippen LogP contribution in [0.15, 0.2) is 78.3 Å². The third kappa shape index (κ3) is 4.15. The van der Waals surface area contributed by atoms with E-state index in [2.05, 4.69) is 15.6 Å². The summed E-state index contributed by atoms with van der Waals surface area (Å²) in [5, 5.41) is 11.0. The van der Waals surface area contributed by atoms with Crippen molar-refractivity contribution in [1.82, 2.24) is 19.7 Å². The minimum atomic E-state index is -0.630. The van der Waals surface area contributed by atoms with Crippen molar-refractivity contribution < 1.29 is 14.3 Å². The maximum absolute atomic E-state index is 13.7. The number of para-hydroxylation sites is 1. The minimum absolute atomic E-state index is 0.291. The Morgan fingerprint density at radius 3 is 2.53 bits per heavy atom. The molecule has 5 rings (SSSR count). The van der Waals surface area contributed by atoms with Crippen molar-refractivity contribution in [2.75, 3.05) is 24.9 Å². The molecule has 4 aromatic rings. The summed E-state index contributed by atoms with van der Waals surface area (Å²) in [6, 6.07) is 16.5. The molecule has 0 aliphatic carbocycles. The number of pyridine rings is 1. The van der Waals surface area contributed by atoms with Gasteiger partial charge in [-0.2, -0.15) is 4.98 Å².